The first kappa shape index (κ1) is 66.0. The molecule has 0 spiro atoms. The molecule has 4 aliphatic carbocycles. The third-order valence-corrected chi connectivity index (χ3v) is 21.3. The first-order valence-corrected chi connectivity index (χ1v) is 30.1. The van der Waals surface area contributed by atoms with Gasteiger partial charge in [-0.05, 0) is 149 Å². The first-order chi connectivity index (χ1) is 37.5. The standard InChI is InChI=1S/C61H102FN3O16/c1-17-45-60(13,74)50(69)36(7)65(22-18-21-63-55(72)61(75)32(3)23-40-39-26-42(62)41-25-38(66)19-20-56(41,9)47(39)44(67)28-57(40,61)10)30-31(2)27-58(11,73)52(81-54-48(68)43(64(14)15)24-33(4)77-54)34(5)49(35(6)53(71)79-45)80-46-29-59(12,76-16)51(70)37(8)78-46/h19-20,25,31-37,39-40,42-52,54,67-70,73-75H,17-18,21-24,26-30H2,1-16H3,(H,63,72)/t31-,32-,33?,34+,35-,36-,37?,39?,40?,42+,43-,44+,45-,46?,47?,48-,49?,50-,51-,52?,54?,56+,57+,58-,59+,60-,61+/m1/s1. The topological polar surface area (TPSA) is 267 Å². The largest absolute Gasteiger partial charge is 0.459 e. The molecule has 8 N–H and O–H groups in total. The summed E-state index contributed by atoms with van der Waals surface area (Å²) in [5, 5.41) is 88.5. The number of likely N-dealkylation sites (N-methyl/N-ethyl adjacent to an activating group) is 1. The molecule has 81 heavy (non-hydrogen) atoms. The number of hydrogen-bond acceptors (Lipinski definition) is 18. The summed E-state index contributed by atoms with van der Waals surface area (Å²) in [5.41, 5.74) is -8.40. The average molecular weight is 1150 g/mol. The van der Waals surface area contributed by atoms with Crippen molar-refractivity contribution < 1.29 is 82.9 Å². The van der Waals surface area contributed by atoms with Crippen molar-refractivity contribution in [3.8, 4) is 0 Å². The molecule has 464 valence electrons. The molecule has 27 atom stereocenters. The molecule has 0 aromatic carbocycles. The predicted octanol–water partition coefficient (Wildman–Crippen LogP) is 3.98. The van der Waals surface area contributed by atoms with Crippen molar-refractivity contribution in [2.24, 2.45) is 52.3 Å². The van der Waals surface area contributed by atoms with Gasteiger partial charge in [0.15, 0.2) is 24.0 Å². The monoisotopic (exact) mass is 1150 g/mol. The summed E-state index contributed by atoms with van der Waals surface area (Å²) < 4.78 is 54.4. The molecule has 3 saturated heterocycles. The fraction of sp³-hybridized carbons (Fsp3) is 0.885. The zero-order valence-electron chi connectivity index (χ0n) is 51.2. The zero-order valence-corrected chi connectivity index (χ0v) is 51.2. The van der Waals surface area contributed by atoms with Crippen LogP contribution < -0.4 is 5.32 Å². The zero-order chi connectivity index (χ0) is 60.4. The Balaban J connectivity index is 1.16. The Morgan fingerprint density at radius 1 is 0.901 bits per heavy atom. The van der Waals surface area contributed by atoms with Gasteiger partial charge in [0.25, 0.3) is 5.91 Å². The molecule has 3 saturated carbocycles. The van der Waals surface area contributed by atoms with E-state index in [9.17, 15) is 50.1 Å². The van der Waals surface area contributed by atoms with Gasteiger partial charge in [0.1, 0.15) is 36.2 Å². The number of allylic oxidation sites excluding steroid dienone is 4. The van der Waals surface area contributed by atoms with Crippen LogP contribution in [0.15, 0.2) is 23.8 Å². The Bertz CT molecular complexity index is 2290. The summed E-state index contributed by atoms with van der Waals surface area (Å²) in [6, 6.07) is -1.16. The van der Waals surface area contributed by atoms with Crippen LogP contribution >= 0.6 is 0 Å². The molecule has 0 radical (unpaired) electrons. The maximum absolute atomic E-state index is 16.2. The summed E-state index contributed by atoms with van der Waals surface area (Å²) in [5.74, 6) is -5.64. The number of cyclic esters (lactones) is 1. The molecule has 7 aliphatic rings. The quantitative estimate of drug-likeness (QED) is 0.101. The average Bonchev–Trinajstić information content (AvgIpc) is 3.69. The number of nitrogens with one attached hydrogen (secondary N) is 1. The number of ether oxygens (including phenoxy) is 6. The van der Waals surface area contributed by atoms with Crippen LogP contribution in [-0.2, 0) is 42.8 Å². The van der Waals surface area contributed by atoms with Crippen molar-refractivity contribution in [2.75, 3.05) is 40.8 Å². The van der Waals surface area contributed by atoms with E-state index in [4.69, 9.17) is 28.4 Å². The van der Waals surface area contributed by atoms with Crippen molar-refractivity contribution in [2.45, 2.75) is 250 Å². The third kappa shape index (κ3) is 12.3. The van der Waals surface area contributed by atoms with Gasteiger partial charge in [0.05, 0.1) is 47.6 Å². The summed E-state index contributed by atoms with van der Waals surface area (Å²) in [7, 11) is 5.21. The number of halogens is 1. The molecule has 1 amide bonds. The minimum absolute atomic E-state index is 0.0656. The molecule has 3 heterocycles. The SMILES string of the molecule is CC[C@H]1OC(=O)[C@H](C)C(OC2C[C@](C)(OC)[C@H](O)C(C)O2)[C@H](C)C(OC2OC(C)C[C@@H](N(C)C)[C@H]2O)[C@](C)(O)C[C@@H](C)CN(CCCNC(=O)[C@@]2(O)[C@H](C)CC3C4C[C@H](F)C5=CC(=O)C=C[C@]5(C)C4[C@@H](O)C[C@@]32C)[C@H](C)[C@@H](O)[C@]1(C)O. The Morgan fingerprint density at radius 3 is 2.20 bits per heavy atom. The smallest absolute Gasteiger partial charge is 0.311 e. The molecular formula is C61H102FN3O16. The van der Waals surface area contributed by atoms with Gasteiger partial charge >= 0.3 is 5.97 Å². The number of aliphatic hydroxyl groups is 7. The van der Waals surface area contributed by atoms with Crippen LogP contribution in [0.25, 0.3) is 0 Å². The summed E-state index contributed by atoms with van der Waals surface area (Å²) >= 11 is 0. The lowest BCUT2D eigenvalue weighted by Gasteiger charge is -2.60. The van der Waals surface area contributed by atoms with Crippen molar-refractivity contribution >= 4 is 17.7 Å². The molecular weight excluding hydrogens is 1050 g/mol. The van der Waals surface area contributed by atoms with Crippen LogP contribution in [0.2, 0.25) is 0 Å². The minimum atomic E-state index is -2.01. The van der Waals surface area contributed by atoms with Crippen molar-refractivity contribution in [3.63, 3.8) is 0 Å². The van der Waals surface area contributed by atoms with Gasteiger partial charge in [0.2, 0.25) is 0 Å². The summed E-state index contributed by atoms with van der Waals surface area (Å²) in [6.45, 7) is 23.3. The van der Waals surface area contributed by atoms with Crippen molar-refractivity contribution in [1.82, 2.24) is 15.1 Å². The Labute approximate surface area is 480 Å². The van der Waals surface area contributed by atoms with Gasteiger partial charge in [-0.1, -0.05) is 47.6 Å². The van der Waals surface area contributed by atoms with Crippen LogP contribution in [0.3, 0.4) is 0 Å². The number of fused-ring (bicyclic) bond motifs is 5. The second kappa shape index (κ2) is 24.7. The number of ketones is 1. The van der Waals surface area contributed by atoms with Crippen molar-refractivity contribution in [1.29, 1.82) is 0 Å². The number of alkyl halides is 1. The number of hydrogen-bond donors (Lipinski definition) is 8. The normalized spacial score (nSPS) is 50.3. The number of carbonyl (C=O) groups is 3. The van der Waals surface area contributed by atoms with E-state index in [0.717, 1.165) is 0 Å². The number of rotatable bonds is 12. The van der Waals surface area contributed by atoms with Crippen LogP contribution in [0.5, 0.6) is 0 Å². The molecule has 0 aromatic heterocycles. The second-order valence-corrected chi connectivity index (χ2v) is 27.5. The fourth-order valence-corrected chi connectivity index (χ4v) is 16.7. The molecule has 0 bridgehead atoms. The highest BCUT2D eigenvalue weighted by atomic mass is 19.1. The molecule has 20 heteroatoms. The van der Waals surface area contributed by atoms with Gasteiger partial charge in [-0.2, -0.15) is 0 Å². The number of methoxy groups -OCH3 is 1. The Morgan fingerprint density at radius 2 is 1.57 bits per heavy atom. The third-order valence-electron chi connectivity index (χ3n) is 21.3. The highest BCUT2D eigenvalue weighted by molar-refractivity contribution is 6.01. The Kier molecular flexibility index (Phi) is 20.1. The van der Waals surface area contributed by atoms with Gasteiger partial charge in [0, 0.05) is 67.9 Å². The molecule has 19 nitrogen and oxygen atoms in total. The molecule has 7 rings (SSSR count). The second-order valence-electron chi connectivity index (χ2n) is 27.5. The van der Waals surface area contributed by atoms with E-state index in [0.29, 0.717) is 24.8 Å². The first-order valence-electron chi connectivity index (χ1n) is 30.1. The van der Waals surface area contributed by atoms with Crippen LogP contribution in [0.1, 0.15) is 141 Å². The molecule has 6 fully saturated rings. The molecule has 3 aliphatic heterocycles. The lowest BCUT2D eigenvalue weighted by atomic mass is 9.46. The Hall–Kier alpha value is -2.54. The van der Waals surface area contributed by atoms with Crippen LogP contribution in [-0.4, -0.2) is 212 Å². The van der Waals surface area contributed by atoms with Crippen molar-refractivity contribution in [3.05, 3.63) is 23.8 Å². The maximum atomic E-state index is 16.2. The number of nitrogens with zero attached hydrogens (tertiary/aromatic N) is 2. The highest BCUT2D eigenvalue weighted by Crippen LogP contribution is 2.68. The number of aliphatic hydroxyl groups excluding tert-OH is 4. The molecule has 0 aromatic rings. The number of esters is 1. The van der Waals surface area contributed by atoms with Crippen LogP contribution in [0, 0.1) is 52.3 Å². The van der Waals surface area contributed by atoms with E-state index in [2.05, 4.69) is 5.32 Å². The van der Waals surface area contributed by atoms with Gasteiger partial charge in [-0.25, -0.2) is 4.39 Å². The van der Waals surface area contributed by atoms with E-state index < -0.39 is 142 Å². The number of carbonyl (C=O) groups excluding carboxylic acids is 3. The lowest BCUT2D eigenvalue weighted by molar-refractivity contribution is -0.318. The number of amides is 1. The molecule has 9 unspecified atom stereocenters. The fourth-order valence-electron chi connectivity index (χ4n) is 16.7. The highest BCUT2D eigenvalue weighted by Gasteiger charge is 2.71. The van der Waals surface area contributed by atoms with E-state index in [-0.39, 0.29) is 87.4 Å². The van der Waals surface area contributed by atoms with Crippen LogP contribution in [0.4, 0.5) is 4.39 Å². The van der Waals surface area contributed by atoms with E-state index in [1.165, 1.54) is 26.2 Å². The summed E-state index contributed by atoms with van der Waals surface area (Å²) in [4.78, 5) is 45.6. The van der Waals surface area contributed by atoms with E-state index >= 15 is 4.39 Å². The van der Waals surface area contributed by atoms with Gasteiger partial charge < -0.3 is 74.4 Å². The van der Waals surface area contributed by atoms with Gasteiger partial charge in [-0.3, -0.25) is 19.3 Å². The summed E-state index contributed by atoms with van der Waals surface area (Å²) in [6.07, 6.45) is -6.76. The van der Waals surface area contributed by atoms with E-state index in [1.54, 1.807) is 54.5 Å². The lowest BCUT2D eigenvalue weighted by Crippen LogP contribution is -2.65. The van der Waals surface area contributed by atoms with Gasteiger partial charge in [-0.15, -0.1) is 0 Å². The van der Waals surface area contributed by atoms with E-state index in [1.807, 2.05) is 58.5 Å². The maximum Gasteiger partial charge on any atom is 0.311 e. The predicted molar refractivity (Wildman–Crippen MR) is 299 cm³/mol. The minimum Gasteiger partial charge on any atom is -0.459 e.